The Morgan fingerprint density at radius 1 is 1.30 bits per heavy atom. The van der Waals surface area contributed by atoms with Crippen LogP contribution in [0.5, 0.6) is 5.75 Å². The maximum atomic E-state index is 12.7. The molecule has 0 aliphatic rings. The summed E-state index contributed by atoms with van der Waals surface area (Å²) in [6, 6.07) is 4.65. The molecule has 0 saturated heterocycles. The SMILES string of the molecule is CCOC(=O)/C=C(/CNC(CC(F)(F)F)C(=O)OC)Oc1ccccc1Cl. The van der Waals surface area contributed by atoms with Crippen LogP contribution >= 0.6 is 11.6 Å². The number of methoxy groups -OCH3 is 1. The summed E-state index contributed by atoms with van der Waals surface area (Å²) < 4.78 is 52.6. The molecule has 0 bridgehead atoms. The normalized spacial score (nSPS) is 13.0. The van der Waals surface area contributed by atoms with E-state index in [0.717, 1.165) is 13.2 Å². The lowest BCUT2D eigenvalue weighted by molar-refractivity contribution is -0.160. The Hall–Kier alpha value is -2.26. The molecule has 10 heteroatoms. The summed E-state index contributed by atoms with van der Waals surface area (Å²) in [6.45, 7) is 1.32. The minimum absolute atomic E-state index is 0.0855. The number of carbonyl (C=O) groups excluding carboxylic acids is 2. The first-order valence-electron chi connectivity index (χ1n) is 7.84. The van der Waals surface area contributed by atoms with Gasteiger partial charge in [-0.25, -0.2) is 4.79 Å². The molecule has 0 radical (unpaired) electrons. The molecule has 0 heterocycles. The lowest BCUT2D eigenvalue weighted by Gasteiger charge is -2.19. The number of alkyl halides is 3. The molecule has 0 saturated carbocycles. The zero-order chi connectivity index (χ0) is 20.4. The molecule has 1 N–H and O–H groups in total. The fourth-order valence-corrected chi connectivity index (χ4v) is 2.11. The van der Waals surface area contributed by atoms with E-state index in [-0.39, 0.29) is 29.7 Å². The van der Waals surface area contributed by atoms with Crippen molar-refractivity contribution in [2.75, 3.05) is 20.3 Å². The second-order valence-electron chi connectivity index (χ2n) is 5.17. The van der Waals surface area contributed by atoms with Gasteiger partial charge in [0.1, 0.15) is 17.6 Å². The van der Waals surface area contributed by atoms with Crippen LogP contribution in [-0.4, -0.2) is 44.4 Å². The van der Waals surface area contributed by atoms with Crippen molar-refractivity contribution in [3.63, 3.8) is 0 Å². The van der Waals surface area contributed by atoms with E-state index in [0.29, 0.717) is 0 Å². The van der Waals surface area contributed by atoms with Crippen molar-refractivity contribution in [2.45, 2.75) is 25.6 Å². The fraction of sp³-hybridized carbons (Fsp3) is 0.412. The van der Waals surface area contributed by atoms with Crippen LogP contribution in [0.3, 0.4) is 0 Å². The van der Waals surface area contributed by atoms with Gasteiger partial charge in [0, 0.05) is 0 Å². The molecule has 0 aliphatic heterocycles. The van der Waals surface area contributed by atoms with Gasteiger partial charge in [-0.1, -0.05) is 23.7 Å². The molecule has 1 aromatic carbocycles. The van der Waals surface area contributed by atoms with Gasteiger partial charge in [0.2, 0.25) is 0 Å². The molecule has 1 unspecified atom stereocenters. The highest BCUT2D eigenvalue weighted by Crippen LogP contribution is 2.25. The molecule has 1 atom stereocenters. The van der Waals surface area contributed by atoms with Crippen molar-refractivity contribution in [1.29, 1.82) is 0 Å². The number of benzene rings is 1. The zero-order valence-corrected chi connectivity index (χ0v) is 15.4. The predicted molar refractivity (Wildman–Crippen MR) is 91.3 cm³/mol. The highest BCUT2D eigenvalue weighted by atomic mass is 35.5. The number of hydrogen-bond acceptors (Lipinski definition) is 6. The minimum atomic E-state index is -4.60. The first-order chi connectivity index (χ1) is 12.7. The first kappa shape index (κ1) is 22.8. The number of rotatable bonds is 9. The average molecular weight is 410 g/mol. The second-order valence-corrected chi connectivity index (χ2v) is 5.58. The maximum absolute atomic E-state index is 12.7. The Morgan fingerprint density at radius 3 is 2.52 bits per heavy atom. The Morgan fingerprint density at radius 2 is 1.96 bits per heavy atom. The molecule has 0 fully saturated rings. The van der Waals surface area contributed by atoms with Gasteiger partial charge in [0.05, 0.1) is 37.8 Å². The summed E-state index contributed by atoms with van der Waals surface area (Å²) in [5.74, 6) is -1.76. The third-order valence-corrected chi connectivity index (χ3v) is 3.40. The highest BCUT2D eigenvalue weighted by Gasteiger charge is 2.36. The van der Waals surface area contributed by atoms with Gasteiger partial charge in [0.25, 0.3) is 0 Å². The monoisotopic (exact) mass is 409 g/mol. The third-order valence-electron chi connectivity index (χ3n) is 3.09. The van der Waals surface area contributed by atoms with Crippen LogP contribution in [0.1, 0.15) is 13.3 Å². The Labute approximate surface area is 159 Å². The summed E-state index contributed by atoms with van der Waals surface area (Å²) in [5.41, 5.74) is 0. The quantitative estimate of drug-likeness (QED) is 0.383. The number of ether oxygens (including phenoxy) is 3. The molecule has 6 nitrogen and oxygen atoms in total. The number of para-hydroxylation sites is 1. The third kappa shape index (κ3) is 8.78. The Bertz CT molecular complexity index is 679. The van der Waals surface area contributed by atoms with Crippen LogP contribution in [0.25, 0.3) is 0 Å². The van der Waals surface area contributed by atoms with E-state index < -0.39 is 30.6 Å². The molecule has 0 aliphatic carbocycles. The van der Waals surface area contributed by atoms with Gasteiger partial charge in [-0.3, -0.25) is 10.1 Å². The van der Waals surface area contributed by atoms with Gasteiger partial charge in [0.15, 0.2) is 0 Å². The zero-order valence-electron chi connectivity index (χ0n) is 14.6. The van der Waals surface area contributed by atoms with Crippen LogP contribution in [0.15, 0.2) is 36.1 Å². The van der Waals surface area contributed by atoms with Crippen molar-refractivity contribution in [3.05, 3.63) is 41.1 Å². The van der Waals surface area contributed by atoms with Gasteiger partial charge >= 0.3 is 18.1 Å². The van der Waals surface area contributed by atoms with Crippen LogP contribution in [0, 0.1) is 0 Å². The number of carbonyl (C=O) groups is 2. The van der Waals surface area contributed by atoms with E-state index in [2.05, 4.69) is 10.1 Å². The van der Waals surface area contributed by atoms with E-state index in [1.807, 2.05) is 0 Å². The molecule has 1 aromatic rings. The number of hydrogen-bond donors (Lipinski definition) is 1. The highest BCUT2D eigenvalue weighted by molar-refractivity contribution is 6.32. The van der Waals surface area contributed by atoms with Crippen molar-refractivity contribution >= 4 is 23.5 Å². The summed E-state index contributed by atoms with van der Waals surface area (Å²) in [7, 11) is 0.975. The molecule has 150 valence electrons. The molecule has 0 spiro atoms. The Kier molecular flexibility index (Phi) is 9.10. The van der Waals surface area contributed by atoms with Crippen molar-refractivity contribution < 1.29 is 37.0 Å². The summed E-state index contributed by atoms with van der Waals surface area (Å²) in [5, 5.41) is 2.60. The molecule has 0 aromatic heterocycles. The topological polar surface area (TPSA) is 73.9 Å². The molecular formula is C17H19ClF3NO5. The maximum Gasteiger partial charge on any atom is 0.391 e. The van der Waals surface area contributed by atoms with Crippen molar-refractivity contribution in [3.8, 4) is 5.75 Å². The number of nitrogens with one attached hydrogen (secondary N) is 1. The summed E-state index contributed by atoms with van der Waals surface area (Å²) in [4.78, 5) is 23.3. The van der Waals surface area contributed by atoms with Crippen molar-refractivity contribution in [2.24, 2.45) is 0 Å². The number of halogens is 4. The van der Waals surface area contributed by atoms with Crippen LogP contribution < -0.4 is 10.1 Å². The molecule has 27 heavy (non-hydrogen) atoms. The smallest absolute Gasteiger partial charge is 0.391 e. The van der Waals surface area contributed by atoms with Crippen LogP contribution in [0.4, 0.5) is 13.2 Å². The first-order valence-corrected chi connectivity index (χ1v) is 8.21. The minimum Gasteiger partial charge on any atom is -0.468 e. The predicted octanol–water partition coefficient (Wildman–Crippen LogP) is 3.25. The summed E-state index contributed by atoms with van der Waals surface area (Å²) in [6.07, 6.45) is -5.08. The molecular weight excluding hydrogens is 391 g/mol. The van der Waals surface area contributed by atoms with Gasteiger partial charge in [-0.05, 0) is 19.1 Å². The van der Waals surface area contributed by atoms with E-state index >= 15 is 0 Å². The average Bonchev–Trinajstić information content (AvgIpc) is 2.58. The lowest BCUT2D eigenvalue weighted by atomic mass is 10.2. The van der Waals surface area contributed by atoms with Crippen LogP contribution in [-0.2, 0) is 19.1 Å². The molecule has 0 amide bonds. The standard InChI is InChI=1S/C17H19ClF3NO5/c1-3-26-15(23)8-11(27-14-7-5-4-6-12(14)18)10-22-13(16(24)25-2)9-17(19,20)21/h4-8,13,22H,3,9-10H2,1-2H3/b11-8-. The van der Waals surface area contributed by atoms with E-state index in [1.54, 1.807) is 19.1 Å². The number of esters is 2. The van der Waals surface area contributed by atoms with E-state index in [1.165, 1.54) is 12.1 Å². The summed E-state index contributed by atoms with van der Waals surface area (Å²) >= 11 is 5.98. The second kappa shape index (κ2) is 10.8. The Balaban J connectivity index is 2.96. The fourth-order valence-electron chi connectivity index (χ4n) is 1.94. The van der Waals surface area contributed by atoms with Gasteiger partial charge < -0.3 is 14.2 Å². The lowest BCUT2D eigenvalue weighted by Crippen LogP contribution is -2.42. The van der Waals surface area contributed by atoms with E-state index in [4.69, 9.17) is 21.1 Å². The van der Waals surface area contributed by atoms with Gasteiger partial charge in [-0.2, -0.15) is 13.2 Å². The van der Waals surface area contributed by atoms with Crippen LogP contribution in [0.2, 0.25) is 5.02 Å². The van der Waals surface area contributed by atoms with Gasteiger partial charge in [-0.15, -0.1) is 0 Å². The largest absolute Gasteiger partial charge is 0.468 e. The van der Waals surface area contributed by atoms with Crippen molar-refractivity contribution in [1.82, 2.24) is 5.32 Å². The van der Waals surface area contributed by atoms with E-state index in [9.17, 15) is 22.8 Å². The molecule has 1 rings (SSSR count).